The number of amides is 1. The number of hydrogen-bond donors (Lipinski definition) is 1. The number of nitrogens with one attached hydrogen (secondary N) is 1. The zero-order valence-corrected chi connectivity index (χ0v) is 16.1. The predicted molar refractivity (Wildman–Crippen MR) is 105 cm³/mol. The molecule has 138 valence electrons. The van der Waals surface area contributed by atoms with Crippen molar-refractivity contribution < 1.29 is 13.2 Å². The van der Waals surface area contributed by atoms with E-state index in [0.717, 1.165) is 37.2 Å². The van der Waals surface area contributed by atoms with Crippen molar-refractivity contribution in [1.29, 1.82) is 0 Å². The molecule has 2 aromatic rings. The molecule has 1 aliphatic rings. The van der Waals surface area contributed by atoms with Crippen molar-refractivity contribution in [2.45, 2.75) is 24.7 Å². The minimum Gasteiger partial charge on any atom is -0.369 e. The van der Waals surface area contributed by atoms with Crippen LogP contribution in [-0.2, 0) is 14.6 Å². The molecule has 1 N–H and O–H groups in total. The molecule has 0 saturated carbocycles. The predicted octanol–water partition coefficient (Wildman–Crippen LogP) is 3.66. The van der Waals surface area contributed by atoms with Crippen molar-refractivity contribution in [2.24, 2.45) is 0 Å². The molecule has 1 saturated heterocycles. The molecule has 0 radical (unpaired) electrons. The Labute approximate surface area is 158 Å². The number of carbonyl (C=O) groups is 1. The zero-order valence-electron chi connectivity index (χ0n) is 14.5. The van der Waals surface area contributed by atoms with Crippen LogP contribution in [0.4, 0.5) is 11.4 Å². The van der Waals surface area contributed by atoms with Crippen LogP contribution >= 0.6 is 11.6 Å². The van der Waals surface area contributed by atoms with Crippen LogP contribution < -0.4 is 10.2 Å². The van der Waals surface area contributed by atoms with E-state index in [4.69, 9.17) is 11.6 Å². The third-order valence-corrected chi connectivity index (χ3v) is 6.32. The van der Waals surface area contributed by atoms with Gasteiger partial charge in [-0.1, -0.05) is 35.4 Å². The van der Waals surface area contributed by atoms with E-state index in [1.165, 1.54) is 12.1 Å². The SMILES string of the molecule is Cc1ccc(S(=O)(=O)CC(=O)Nc2cccc(Cl)c2N2CCCC2)cc1. The number of carbonyl (C=O) groups excluding carboxylic acids is 1. The molecular weight excluding hydrogens is 372 g/mol. The van der Waals surface area contributed by atoms with Gasteiger partial charge in [0.05, 0.1) is 21.3 Å². The summed E-state index contributed by atoms with van der Waals surface area (Å²) >= 11 is 6.33. The van der Waals surface area contributed by atoms with E-state index >= 15 is 0 Å². The van der Waals surface area contributed by atoms with Crippen LogP contribution in [0.1, 0.15) is 18.4 Å². The summed E-state index contributed by atoms with van der Waals surface area (Å²) in [5, 5.41) is 3.27. The quantitative estimate of drug-likeness (QED) is 0.843. The average molecular weight is 393 g/mol. The molecule has 1 amide bonds. The normalized spacial score (nSPS) is 14.5. The van der Waals surface area contributed by atoms with Gasteiger partial charge < -0.3 is 10.2 Å². The van der Waals surface area contributed by atoms with Crippen molar-refractivity contribution in [1.82, 2.24) is 0 Å². The Bertz CT molecular complexity index is 905. The summed E-state index contributed by atoms with van der Waals surface area (Å²) in [5.74, 6) is -1.18. The third-order valence-electron chi connectivity index (χ3n) is 4.38. The van der Waals surface area contributed by atoms with Gasteiger partial charge in [0, 0.05) is 13.1 Å². The molecule has 3 rings (SSSR count). The minimum absolute atomic E-state index is 0.143. The molecule has 7 heteroatoms. The smallest absolute Gasteiger partial charge is 0.240 e. The second kappa shape index (κ2) is 7.68. The number of benzene rings is 2. The Kier molecular flexibility index (Phi) is 5.53. The van der Waals surface area contributed by atoms with Crippen molar-refractivity contribution >= 4 is 38.7 Å². The number of para-hydroxylation sites is 1. The monoisotopic (exact) mass is 392 g/mol. The maximum Gasteiger partial charge on any atom is 0.240 e. The lowest BCUT2D eigenvalue weighted by Crippen LogP contribution is -2.25. The van der Waals surface area contributed by atoms with E-state index in [2.05, 4.69) is 10.2 Å². The van der Waals surface area contributed by atoms with Gasteiger partial charge in [0.15, 0.2) is 9.84 Å². The van der Waals surface area contributed by atoms with Gasteiger partial charge in [-0.3, -0.25) is 4.79 Å². The number of rotatable bonds is 5. The Balaban J connectivity index is 1.78. The fourth-order valence-electron chi connectivity index (χ4n) is 3.07. The molecule has 5 nitrogen and oxygen atoms in total. The molecule has 0 aromatic heterocycles. The summed E-state index contributed by atoms with van der Waals surface area (Å²) in [7, 11) is -3.70. The van der Waals surface area contributed by atoms with Gasteiger partial charge in [0.25, 0.3) is 0 Å². The van der Waals surface area contributed by atoms with Crippen LogP contribution in [0.15, 0.2) is 47.4 Å². The molecule has 2 aromatic carbocycles. The molecule has 0 atom stereocenters. The first-order valence-corrected chi connectivity index (χ1v) is 10.5. The van der Waals surface area contributed by atoms with Crippen LogP contribution in [0.2, 0.25) is 5.02 Å². The maximum atomic E-state index is 12.5. The highest BCUT2D eigenvalue weighted by molar-refractivity contribution is 7.92. The molecule has 0 unspecified atom stereocenters. The first-order valence-electron chi connectivity index (χ1n) is 8.49. The van der Waals surface area contributed by atoms with E-state index < -0.39 is 21.5 Å². The average Bonchev–Trinajstić information content (AvgIpc) is 3.08. The molecule has 1 fully saturated rings. The summed E-state index contributed by atoms with van der Waals surface area (Å²) in [6.07, 6.45) is 2.14. The minimum atomic E-state index is -3.70. The van der Waals surface area contributed by atoms with Crippen LogP contribution in [0.3, 0.4) is 0 Å². The second-order valence-corrected chi connectivity index (χ2v) is 8.85. The largest absolute Gasteiger partial charge is 0.369 e. The highest BCUT2D eigenvalue weighted by Crippen LogP contribution is 2.36. The highest BCUT2D eigenvalue weighted by Gasteiger charge is 2.23. The molecule has 0 aliphatic carbocycles. The van der Waals surface area contributed by atoms with E-state index in [-0.39, 0.29) is 4.90 Å². The van der Waals surface area contributed by atoms with Gasteiger partial charge in [-0.25, -0.2) is 8.42 Å². The first kappa shape index (κ1) is 18.7. The first-order chi connectivity index (χ1) is 12.4. The molecule has 26 heavy (non-hydrogen) atoms. The fraction of sp³-hybridized carbons (Fsp3) is 0.316. The Hall–Kier alpha value is -2.05. The fourth-order valence-corrected chi connectivity index (χ4v) is 4.49. The molecule has 0 bridgehead atoms. The number of halogens is 1. The standard InChI is InChI=1S/C19H21ClN2O3S/c1-14-7-9-15(10-8-14)26(24,25)13-18(23)21-17-6-4-5-16(20)19(17)22-11-2-3-12-22/h4-10H,2-3,11-13H2,1H3,(H,21,23). The summed E-state index contributed by atoms with van der Waals surface area (Å²) in [5.41, 5.74) is 2.26. The van der Waals surface area contributed by atoms with Crippen LogP contribution in [0.25, 0.3) is 0 Å². The Morgan fingerprint density at radius 1 is 1.12 bits per heavy atom. The van der Waals surface area contributed by atoms with E-state index in [1.54, 1.807) is 30.3 Å². The number of sulfone groups is 1. The number of aryl methyl sites for hydroxylation is 1. The summed E-state index contributed by atoms with van der Waals surface area (Å²) in [6.45, 7) is 3.62. The maximum absolute atomic E-state index is 12.5. The van der Waals surface area contributed by atoms with E-state index in [1.807, 2.05) is 6.92 Å². The number of hydrogen-bond acceptors (Lipinski definition) is 4. The van der Waals surface area contributed by atoms with Gasteiger partial charge >= 0.3 is 0 Å². The summed E-state index contributed by atoms with van der Waals surface area (Å²) in [4.78, 5) is 14.7. The van der Waals surface area contributed by atoms with Crippen molar-refractivity contribution in [2.75, 3.05) is 29.1 Å². The van der Waals surface area contributed by atoms with Gasteiger partial charge in [0.2, 0.25) is 5.91 Å². The summed E-state index contributed by atoms with van der Waals surface area (Å²) < 4.78 is 24.9. The van der Waals surface area contributed by atoms with Crippen LogP contribution in [-0.4, -0.2) is 33.2 Å². The van der Waals surface area contributed by atoms with E-state index in [9.17, 15) is 13.2 Å². The lowest BCUT2D eigenvalue weighted by atomic mass is 10.2. The number of anilines is 2. The number of nitrogens with zero attached hydrogens (tertiary/aromatic N) is 1. The Morgan fingerprint density at radius 2 is 1.77 bits per heavy atom. The van der Waals surface area contributed by atoms with Crippen LogP contribution in [0, 0.1) is 6.92 Å². The molecule has 0 spiro atoms. The van der Waals surface area contributed by atoms with Crippen molar-refractivity contribution in [3.63, 3.8) is 0 Å². The van der Waals surface area contributed by atoms with Crippen molar-refractivity contribution in [3.05, 3.63) is 53.1 Å². The van der Waals surface area contributed by atoms with Crippen molar-refractivity contribution in [3.8, 4) is 0 Å². The van der Waals surface area contributed by atoms with Gasteiger partial charge in [0.1, 0.15) is 5.75 Å². The summed E-state index contributed by atoms with van der Waals surface area (Å²) in [6, 6.07) is 11.7. The molecule has 1 heterocycles. The topological polar surface area (TPSA) is 66.5 Å². The van der Waals surface area contributed by atoms with Gasteiger partial charge in [-0.05, 0) is 44.0 Å². The third kappa shape index (κ3) is 4.19. The Morgan fingerprint density at radius 3 is 2.42 bits per heavy atom. The van der Waals surface area contributed by atoms with Crippen LogP contribution in [0.5, 0.6) is 0 Å². The lowest BCUT2D eigenvalue weighted by molar-refractivity contribution is -0.113. The van der Waals surface area contributed by atoms with Gasteiger partial charge in [-0.15, -0.1) is 0 Å². The highest BCUT2D eigenvalue weighted by atomic mass is 35.5. The molecular formula is C19H21ClN2O3S. The second-order valence-electron chi connectivity index (χ2n) is 6.45. The lowest BCUT2D eigenvalue weighted by Gasteiger charge is -2.23. The molecule has 1 aliphatic heterocycles. The van der Waals surface area contributed by atoms with Gasteiger partial charge in [-0.2, -0.15) is 0 Å². The van der Waals surface area contributed by atoms with E-state index in [0.29, 0.717) is 10.7 Å². The zero-order chi connectivity index (χ0) is 18.7.